The van der Waals surface area contributed by atoms with E-state index in [1.165, 1.54) is 6.07 Å². The smallest absolute Gasteiger partial charge is 0.279 e. The second-order valence-electron chi connectivity index (χ2n) is 4.85. The molecular formula is C17H15Cl3NO3P. The van der Waals surface area contributed by atoms with Crippen LogP contribution in [0.3, 0.4) is 0 Å². The number of benzene rings is 2. The molecule has 0 heterocycles. The van der Waals surface area contributed by atoms with E-state index in [0.717, 1.165) is 0 Å². The largest absolute Gasteiger partial charge is 0.321 e. The molecule has 0 radical (unpaired) electrons. The lowest BCUT2D eigenvalue weighted by molar-refractivity contribution is 0.0967. The van der Waals surface area contributed by atoms with Crippen molar-refractivity contribution in [2.24, 2.45) is 0 Å². The van der Waals surface area contributed by atoms with Gasteiger partial charge in [0.25, 0.3) is 13.3 Å². The first-order chi connectivity index (χ1) is 11.9. The molecule has 2 aromatic carbocycles. The summed E-state index contributed by atoms with van der Waals surface area (Å²) < 4.78 is 18.7. The highest BCUT2D eigenvalue weighted by molar-refractivity contribution is 7.71. The van der Waals surface area contributed by atoms with Crippen LogP contribution in [0.4, 0.5) is 0 Å². The minimum absolute atomic E-state index is 0.138. The van der Waals surface area contributed by atoms with Crippen molar-refractivity contribution in [1.82, 2.24) is 5.32 Å². The molecule has 132 valence electrons. The Kier molecular flexibility index (Phi) is 7.12. The van der Waals surface area contributed by atoms with Gasteiger partial charge in [-0.05, 0) is 31.2 Å². The summed E-state index contributed by atoms with van der Waals surface area (Å²) >= 11 is 17.9. The van der Waals surface area contributed by atoms with Crippen LogP contribution in [-0.4, -0.2) is 12.5 Å². The van der Waals surface area contributed by atoms with E-state index < -0.39 is 13.3 Å². The molecule has 25 heavy (non-hydrogen) atoms. The molecule has 0 aliphatic rings. The second kappa shape index (κ2) is 8.88. The predicted molar refractivity (Wildman–Crippen MR) is 103 cm³/mol. The standard InChI is InChI=1S/C17H15Cl3NO3P/c1-2-24-25(23,12-8-4-3-5-9-12)17(15(19)20)21-16(22)13-10-6-7-11-14(13)18/h3-11H,2H2,1H3,(H,21,22). The number of rotatable bonds is 6. The lowest BCUT2D eigenvalue weighted by atomic mass is 10.2. The number of carbonyl (C=O) groups excluding carboxylic acids is 1. The lowest BCUT2D eigenvalue weighted by Crippen LogP contribution is -2.27. The third-order valence-corrected chi connectivity index (χ3v) is 6.73. The molecule has 4 nitrogen and oxygen atoms in total. The predicted octanol–water partition coefficient (Wildman–Crippen LogP) is 5.31. The minimum Gasteiger partial charge on any atom is -0.321 e. The molecule has 1 N–H and O–H groups in total. The van der Waals surface area contributed by atoms with Gasteiger partial charge in [0, 0.05) is 5.30 Å². The van der Waals surface area contributed by atoms with E-state index in [1.54, 1.807) is 55.5 Å². The van der Waals surface area contributed by atoms with Gasteiger partial charge in [0.1, 0.15) is 9.93 Å². The number of carbonyl (C=O) groups is 1. The van der Waals surface area contributed by atoms with Crippen LogP contribution in [0.5, 0.6) is 0 Å². The normalized spacial score (nSPS) is 13.0. The molecule has 0 fully saturated rings. The summed E-state index contributed by atoms with van der Waals surface area (Å²) in [4.78, 5) is 12.5. The Bertz CT molecular complexity index is 836. The maximum absolute atomic E-state index is 13.5. The Morgan fingerprint density at radius 2 is 1.68 bits per heavy atom. The van der Waals surface area contributed by atoms with Gasteiger partial charge in [-0.3, -0.25) is 9.36 Å². The van der Waals surface area contributed by atoms with Crippen LogP contribution in [0, 0.1) is 0 Å². The van der Waals surface area contributed by atoms with Gasteiger partial charge in [-0.15, -0.1) is 0 Å². The lowest BCUT2D eigenvalue weighted by Gasteiger charge is -2.22. The van der Waals surface area contributed by atoms with Crippen LogP contribution in [-0.2, 0) is 9.09 Å². The van der Waals surface area contributed by atoms with E-state index >= 15 is 0 Å². The molecule has 0 bridgehead atoms. The second-order valence-corrected chi connectivity index (χ2v) is 8.53. The van der Waals surface area contributed by atoms with E-state index in [9.17, 15) is 9.36 Å². The minimum atomic E-state index is -3.69. The van der Waals surface area contributed by atoms with Gasteiger partial charge in [-0.25, -0.2) is 0 Å². The average Bonchev–Trinajstić information content (AvgIpc) is 2.60. The van der Waals surface area contributed by atoms with Gasteiger partial charge >= 0.3 is 0 Å². The van der Waals surface area contributed by atoms with Gasteiger partial charge in [0.05, 0.1) is 17.2 Å². The third-order valence-electron chi connectivity index (χ3n) is 3.23. The fraction of sp³-hybridized carbons (Fsp3) is 0.118. The van der Waals surface area contributed by atoms with Crippen molar-refractivity contribution >= 4 is 53.4 Å². The first-order valence-corrected chi connectivity index (χ1v) is 10.1. The summed E-state index contributed by atoms with van der Waals surface area (Å²) in [5.41, 5.74) is 0.0150. The molecule has 0 aliphatic heterocycles. The third kappa shape index (κ3) is 4.66. The van der Waals surface area contributed by atoms with Crippen molar-refractivity contribution in [1.29, 1.82) is 0 Å². The number of nitrogens with one attached hydrogen (secondary N) is 1. The van der Waals surface area contributed by atoms with Crippen LogP contribution >= 0.6 is 42.2 Å². The Balaban J connectivity index is 2.46. The molecule has 8 heteroatoms. The Morgan fingerprint density at radius 1 is 1.08 bits per heavy atom. The zero-order chi connectivity index (χ0) is 18.4. The maximum atomic E-state index is 13.5. The Morgan fingerprint density at radius 3 is 2.24 bits per heavy atom. The molecule has 0 aromatic heterocycles. The van der Waals surface area contributed by atoms with Crippen molar-refractivity contribution in [3.63, 3.8) is 0 Å². The number of hydrogen-bond acceptors (Lipinski definition) is 3. The van der Waals surface area contributed by atoms with Crippen LogP contribution in [0.2, 0.25) is 5.02 Å². The molecule has 0 aliphatic carbocycles. The summed E-state index contributed by atoms with van der Waals surface area (Å²) in [7, 11) is -3.69. The first kappa shape index (κ1) is 20.0. The fourth-order valence-electron chi connectivity index (χ4n) is 2.13. The van der Waals surface area contributed by atoms with Crippen molar-refractivity contribution in [2.75, 3.05) is 6.61 Å². The molecule has 0 saturated carbocycles. The van der Waals surface area contributed by atoms with Crippen molar-refractivity contribution in [2.45, 2.75) is 6.92 Å². The van der Waals surface area contributed by atoms with Gasteiger partial charge in [-0.2, -0.15) is 0 Å². The van der Waals surface area contributed by atoms with E-state index in [1.807, 2.05) is 0 Å². The average molecular weight is 419 g/mol. The van der Waals surface area contributed by atoms with Gasteiger partial charge in [0.2, 0.25) is 0 Å². The molecule has 1 unspecified atom stereocenters. The summed E-state index contributed by atoms with van der Waals surface area (Å²) in [6.07, 6.45) is 0. The van der Waals surface area contributed by atoms with Gasteiger partial charge < -0.3 is 9.84 Å². The summed E-state index contributed by atoms with van der Waals surface area (Å²) in [5, 5.41) is 3.11. The molecule has 1 atom stereocenters. The first-order valence-electron chi connectivity index (χ1n) is 7.32. The van der Waals surface area contributed by atoms with Crippen LogP contribution in [0.15, 0.2) is 64.5 Å². The monoisotopic (exact) mass is 417 g/mol. The van der Waals surface area contributed by atoms with Crippen molar-refractivity contribution in [3.05, 3.63) is 75.1 Å². The van der Waals surface area contributed by atoms with E-state index in [4.69, 9.17) is 39.3 Å². The Hall–Kier alpha value is -1.29. The SMILES string of the molecule is CCOP(=O)(C(NC(=O)c1ccccc1Cl)=C(Cl)Cl)c1ccccc1. The van der Waals surface area contributed by atoms with E-state index in [0.29, 0.717) is 5.30 Å². The molecule has 1 amide bonds. The zero-order valence-corrected chi connectivity index (χ0v) is 16.4. The Labute approximate surface area is 161 Å². The highest BCUT2D eigenvalue weighted by Crippen LogP contribution is 2.54. The van der Waals surface area contributed by atoms with Crippen LogP contribution in [0.25, 0.3) is 0 Å². The zero-order valence-electron chi connectivity index (χ0n) is 13.2. The molecule has 0 spiro atoms. The van der Waals surface area contributed by atoms with Crippen molar-refractivity contribution < 1.29 is 13.9 Å². The van der Waals surface area contributed by atoms with Crippen LogP contribution in [0.1, 0.15) is 17.3 Å². The number of halogens is 3. The fourth-order valence-corrected chi connectivity index (χ4v) is 5.05. The van der Waals surface area contributed by atoms with Crippen LogP contribution < -0.4 is 10.6 Å². The van der Waals surface area contributed by atoms with Gasteiger partial charge in [-0.1, -0.05) is 65.1 Å². The van der Waals surface area contributed by atoms with E-state index in [2.05, 4.69) is 5.32 Å². The summed E-state index contributed by atoms with van der Waals surface area (Å²) in [6, 6.07) is 14.9. The maximum Gasteiger partial charge on any atom is 0.279 e. The van der Waals surface area contributed by atoms with Gasteiger partial charge in [0.15, 0.2) is 0 Å². The molecule has 0 saturated heterocycles. The highest BCUT2D eigenvalue weighted by Gasteiger charge is 2.34. The quantitative estimate of drug-likeness (QED) is 0.647. The van der Waals surface area contributed by atoms with E-state index in [-0.39, 0.29) is 27.1 Å². The molecular weight excluding hydrogens is 404 g/mol. The topological polar surface area (TPSA) is 55.4 Å². The summed E-state index contributed by atoms with van der Waals surface area (Å²) in [6.45, 7) is 1.82. The summed E-state index contributed by atoms with van der Waals surface area (Å²) in [5.74, 6) is -0.588. The molecule has 2 aromatic rings. The number of hydrogen-bond donors (Lipinski definition) is 1. The number of amides is 1. The highest BCUT2D eigenvalue weighted by atomic mass is 35.5. The van der Waals surface area contributed by atoms with Crippen molar-refractivity contribution in [3.8, 4) is 0 Å². The molecule has 2 rings (SSSR count).